The molecule has 0 aromatic carbocycles. The highest BCUT2D eigenvalue weighted by atomic mass is 16.5. The van der Waals surface area contributed by atoms with Gasteiger partial charge >= 0.3 is 5.97 Å². The molecule has 0 spiro atoms. The topological polar surface area (TPSA) is 49.8 Å². The quantitative estimate of drug-likeness (QED) is 0.644. The van der Waals surface area contributed by atoms with Gasteiger partial charge in [-0.25, -0.2) is 4.79 Å². The summed E-state index contributed by atoms with van der Waals surface area (Å²) in [5.74, 6) is -0.888. The predicted octanol–water partition coefficient (Wildman–Crippen LogP) is 0.348. The van der Waals surface area contributed by atoms with Crippen LogP contribution in [-0.4, -0.2) is 48.3 Å². The van der Waals surface area contributed by atoms with E-state index >= 15 is 0 Å². The van der Waals surface area contributed by atoms with Gasteiger partial charge in [-0.2, -0.15) is 0 Å². The SMILES string of the molecule is CC1CN(C/C=C/C(=O)O)CCO1. The van der Waals surface area contributed by atoms with Crippen LogP contribution in [0.25, 0.3) is 0 Å². The second kappa shape index (κ2) is 4.99. The van der Waals surface area contributed by atoms with Crippen molar-refractivity contribution in [2.24, 2.45) is 0 Å². The van der Waals surface area contributed by atoms with Gasteiger partial charge in [0, 0.05) is 25.7 Å². The molecule has 13 heavy (non-hydrogen) atoms. The van der Waals surface area contributed by atoms with Gasteiger partial charge in [0.15, 0.2) is 0 Å². The number of ether oxygens (including phenoxy) is 1. The summed E-state index contributed by atoms with van der Waals surface area (Å²) >= 11 is 0. The summed E-state index contributed by atoms with van der Waals surface area (Å²) in [5, 5.41) is 8.36. The lowest BCUT2D eigenvalue weighted by atomic mass is 10.3. The Morgan fingerprint density at radius 1 is 1.77 bits per heavy atom. The fraction of sp³-hybridized carbons (Fsp3) is 0.667. The number of morpholine rings is 1. The number of nitrogens with zero attached hydrogens (tertiary/aromatic N) is 1. The Kier molecular flexibility index (Phi) is 3.92. The monoisotopic (exact) mass is 185 g/mol. The number of hydrogen-bond acceptors (Lipinski definition) is 3. The molecule has 0 saturated carbocycles. The third kappa shape index (κ3) is 4.05. The van der Waals surface area contributed by atoms with Crippen LogP contribution in [0.2, 0.25) is 0 Å². The average Bonchev–Trinajstić information content (AvgIpc) is 2.03. The fourth-order valence-electron chi connectivity index (χ4n) is 1.36. The van der Waals surface area contributed by atoms with Crippen molar-refractivity contribution in [2.75, 3.05) is 26.2 Å². The summed E-state index contributed by atoms with van der Waals surface area (Å²) in [6.07, 6.45) is 3.10. The summed E-state index contributed by atoms with van der Waals surface area (Å²) in [6.45, 7) is 5.22. The van der Waals surface area contributed by atoms with Gasteiger partial charge in [0.2, 0.25) is 0 Å². The minimum Gasteiger partial charge on any atom is -0.478 e. The van der Waals surface area contributed by atoms with Crippen molar-refractivity contribution in [1.82, 2.24) is 4.90 Å². The van der Waals surface area contributed by atoms with Crippen LogP contribution in [0, 0.1) is 0 Å². The first-order chi connectivity index (χ1) is 6.18. The maximum absolute atomic E-state index is 10.2. The van der Waals surface area contributed by atoms with Crippen LogP contribution in [0.3, 0.4) is 0 Å². The second-order valence-corrected chi connectivity index (χ2v) is 3.18. The summed E-state index contributed by atoms with van der Waals surface area (Å²) in [4.78, 5) is 12.3. The highest BCUT2D eigenvalue weighted by Gasteiger charge is 2.14. The van der Waals surface area contributed by atoms with E-state index in [0.29, 0.717) is 6.54 Å². The molecule has 0 aromatic heterocycles. The number of rotatable bonds is 3. The molecule has 0 radical (unpaired) electrons. The van der Waals surface area contributed by atoms with Crippen LogP contribution in [0.5, 0.6) is 0 Å². The average molecular weight is 185 g/mol. The highest BCUT2D eigenvalue weighted by molar-refractivity contribution is 5.79. The van der Waals surface area contributed by atoms with E-state index in [1.54, 1.807) is 6.08 Å². The van der Waals surface area contributed by atoms with Crippen LogP contribution < -0.4 is 0 Å². The molecule has 1 aliphatic heterocycles. The smallest absolute Gasteiger partial charge is 0.328 e. The van der Waals surface area contributed by atoms with Crippen LogP contribution >= 0.6 is 0 Å². The molecule has 1 saturated heterocycles. The Morgan fingerprint density at radius 2 is 2.54 bits per heavy atom. The summed E-state index contributed by atoms with van der Waals surface area (Å²) < 4.78 is 5.35. The molecule has 1 atom stereocenters. The lowest BCUT2D eigenvalue weighted by molar-refractivity contribution is -0.131. The van der Waals surface area contributed by atoms with E-state index in [9.17, 15) is 4.79 Å². The van der Waals surface area contributed by atoms with E-state index < -0.39 is 5.97 Å². The lowest BCUT2D eigenvalue weighted by Gasteiger charge is -2.29. The Balaban J connectivity index is 2.24. The van der Waals surface area contributed by atoms with Crippen molar-refractivity contribution in [2.45, 2.75) is 13.0 Å². The maximum atomic E-state index is 10.2. The molecule has 1 fully saturated rings. The first-order valence-electron chi connectivity index (χ1n) is 4.42. The molecule has 1 aliphatic rings. The Hall–Kier alpha value is -0.870. The van der Waals surface area contributed by atoms with E-state index in [4.69, 9.17) is 9.84 Å². The van der Waals surface area contributed by atoms with Gasteiger partial charge < -0.3 is 9.84 Å². The van der Waals surface area contributed by atoms with Crippen molar-refractivity contribution in [1.29, 1.82) is 0 Å². The van der Waals surface area contributed by atoms with Crippen LogP contribution in [-0.2, 0) is 9.53 Å². The van der Waals surface area contributed by atoms with Gasteiger partial charge in [-0.3, -0.25) is 4.90 Å². The van der Waals surface area contributed by atoms with Crippen molar-refractivity contribution in [3.05, 3.63) is 12.2 Å². The Labute approximate surface area is 77.8 Å². The molecule has 4 heteroatoms. The summed E-state index contributed by atoms with van der Waals surface area (Å²) in [5.41, 5.74) is 0. The molecule has 1 N–H and O–H groups in total. The maximum Gasteiger partial charge on any atom is 0.328 e. The highest BCUT2D eigenvalue weighted by Crippen LogP contribution is 2.03. The minimum absolute atomic E-state index is 0.256. The van der Waals surface area contributed by atoms with Crippen molar-refractivity contribution in [3.63, 3.8) is 0 Å². The zero-order chi connectivity index (χ0) is 9.68. The van der Waals surface area contributed by atoms with Gasteiger partial charge in [-0.1, -0.05) is 6.08 Å². The van der Waals surface area contributed by atoms with E-state index in [0.717, 1.165) is 19.7 Å². The molecule has 0 aliphatic carbocycles. The summed E-state index contributed by atoms with van der Waals surface area (Å²) in [6, 6.07) is 0. The molecular formula is C9H15NO3. The van der Waals surface area contributed by atoms with E-state index in [1.165, 1.54) is 6.08 Å². The normalized spacial score (nSPS) is 25.2. The third-order valence-corrected chi connectivity index (χ3v) is 1.95. The van der Waals surface area contributed by atoms with E-state index in [-0.39, 0.29) is 6.10 Å². The second-order valence-electron chi connectivity index (χ2n) is 3.18. The number of carbonyl (C=O) groups is 1. The molecule has 0 bridgehead atoms. The van der Waals surface area contributed by atoms with E-state index in [1.807, 2.05) is 6.92 Å². The molecule has 1 heterocycles. The van der Waals surface area contributed by atoms with Crippen LogP contribution in [0.4, 0.5) is 0 Å². The van der Waals surface area contributed by atoms with Gasteiger partial charge in [0.25, 0.3) is 0 Å². The third-order valence-electron chi connectivity index (χ3n) is 1.95. The fourth-order valence-corrected chi connectivity index (χ4v) is 1.36. The van der Waals surface area contributed by atoms with Gasteiger partial charge in [0.1, 0.15) is 0 Å². The Bertz CT molecular complexity index is 203. The first kappa shape index (κ1) is 10.2. The molecule has 0 amide bonds. The molecular weight excluding hydrogens is 170 g/mol. The molecule has 74 valence electrons. The van der Waals surface area contributed by atoms with Crippen LogP contribution in [0.1, 0.15) is 6.92 Å². The molecule has 4 nitrogen and oxygen atoms in total. The van der Waals surface area contributed by atoms with Crippen LogP contribution in [0.15, 0.2) is 12.2 Å². The van der Waals surface area contributed by atoms with Gasteiger partial charge in [-0.05, 0) is 6.92 Å². The molecule has 1 unspecified atom stereocenters. The zero-order valence-corrected chi connectivity index (χ0v) is 7.77. The molecule has 0 aromatic rings. The van der Waals surface area contributed by atoms with Gasteiger partial charge in [-0.15, -0.1) is 0 Å². The van der Waals surface area contributed by atoms with Gasteiger partial charge in [0.05, 0.1) is 12.7 Å². The predicted molar refractivity (Wildman–Crippen MR) is 48.6 cm³/mol. The lowest BCUT2D eigenvalue weighted by Crippen LogP contribution is -2.41. The number of aliphatic carboxylic acids is 1. The molecule has 1 rings (SSSR count). The largest absolute Gasteiger partial charge is 0.478 e. The number of hydrogen-bond donors (Lipinski definition) is 1. The Morgan fingerprint density at radius 3 is 3.15 bits per heavy atom. The van der Waals surface area contributed by atoms with Crippen molar-refractivity contribution >= 4 is 5.97 Å². The zero-order valence-electron chi connectivity index (χ0n) is 7.77. The number of carboxylic acid groups (broad SMARTS) is 1. The minimum atomic E-state index is -0.888. The van der Waals surface area contributed by atoms with E-state index in [2.05, 4.69) is 4.90 Å². The first-order valence-corrected chi connectivity index (χ1v) is 4.42. The summed E-state index contributed by atoms with van der Waals surface area (Å²) in [7, 11) is 0. The van der Waals surface area contributed by atoms with Crippen molar-refractivity contribution < 1.29 is 14.6 Å². The number of carboxylic acids is 1. The standard InChI is InChI=1S/C9H15NO3/c1-8-7-10(5-6-13-8)4-2-3-9(11)12/h2-3,8H,4-7H2,1H3,(H,11,12)/b3-2+. The van der Waals surface area contributed by atoms with Crippen molar-refractivity contribution in [3.8, 4) is 0 Å².